The number of carboxylic acids is 1. The molecule has 0 aliphatic rings. The molecule has 0 saturated heterocycles. The van der Waals surface area contributed by atoms with Crippen LogP contribution in [-0.4, -0.2) is 47.6 Å². The summed E-state index contributed by atoms with van der Waals surface area (Å²) in [5.41, 5.74) is 0. The van der Waals surface area contributed by atoms with Gasteiger partial charge in [-0.15, -0.1) is 6.58 Å². The topological polar surface area (TPSA) is 69.6 Å². The average Bonchev–Trinajstić information content (AvgIpc) is 2.25. The second-order valence-electron chi connectivity index (χ2n) is 3.48. The molecule has 16 heavy (non-hydrogen) atoms. The number of rotatable bonds is 8. The van der Waals surface area contributed by atoms with Gasteiger partial charge in [0.05, 0.1) is 12.5 Å². The first-order valence-electron chi connectivity index (χ1n) is 5.37. The van der Waals surface area contributed by atoms with Gasteiger partial charge in [0, 0.05) is 13.1 Å². The van der Waals surface area contributed by atoms with Crippen molar-refractivity contribution in [2.45, 2.75) is 26.3 Å². The third-order valence-corrected chi connectivity index (χ3v) is 2.37. The van der Waals surface area contributed by atoms with Gasteiger partial charge in [0.25, 0.3) is 0 Å². The summed E-state index contributed by atoms with van der Waals surface area (Å²) in [6.45, 7) is 8.64. The predicted molar refractivity (Wildman–Crippen MR) is 62.2 cm³/mol. The fourth-order valence-corrected chi connectivity index (χ4v) is 1.35. The van der Waals surface area contributed by atoms with Crippen LogP contribution in [0.2, 0.25) is 0 Å². The molecule has 0 saturated carbocycles. The maximum atomic E-state index is 11.6. The van der Waals surface area contributed by atoms with E-state index in [1.54, 1.807) is 13.0 Å². The Hall–Kier alpha value is -1.36. The van der Waals surface area contributed by atoms with E-state index in [1.165, 1.54) is 0 Å². The van der Waals surface area contributed by atoms with E-state index in [9.17, 15) is 9.59 Å². The first kappa shape index (κ1) is 14.6. The fourth-order valence-electron chi connectivity index (χ4n) is 1.35. The number of amides is 1. The Morgan fingerprint density at radius 1 is 1.56 bits per heavy atom. The minimum absolute atomic E-state index is 0.0485. The van der Waals surface area contributed by atoms with Crippen molar-refractivity contribution in [2.75, 3.05) is 19.6 Å². The number of carbonyl (C=O) groups excluding carboxylic acids is 1. The molecule has 0 heterocycles. The lowest BCUT2D eigenvalue weighted by Crippen LogP contribution is -2.45. The number of nitrogens with zero attached hydrogens (tertiary/aromatic N) is 1. The SMILES string of the molecule is C=CCNC(=O)C(C)N(CC)CCC(=O)O. The monoisotopic (exact) mass is 228 g/mol. The second-order valence-corrected chi connectivity index (χ2v) is 3.48. The summed E-state index contributed by atoms with van der Waals surface area (Å²) < 4.78 is 0. The van der Waals surface area contributed by atoms with E-state index in [1.807, 2.05) is 11.8 Å². The molecular formula is C11H20N2O3. The van der Waals surface area contributed by atoms with E-state index in [0.29, 0.717) is 19.6 Å². The van der Waals surface area contributed by atoms with Crippen LogP contribution in [0, 0.1) is 0 Å². The number of hydrogen-bond acceptors (Lipinski definition) is 3. The molecule has 5 heteroatoms. The van der Waals surface area contributed by atoms with Crippen molar-refractivity contribution in [3.05, 3.63) is 12.7 Å². The van der Waals surface area contributed by atoms with E-state index in [-0.39, 0.29) is 18.4 Å². The lowest BCUT2D eigenvalue weighted by molar-refractivity contribution is -0.138. The molecule has 0 fully saturated rings. The van der Waals surface area contributed by atoms with Crippen molar-refractivity contribution in [1.82, 2.24) is 10.2 Å². The van der Waals surface area contributed by atoms with Gasteiger partial charge in [-0.3, -0.25) is 14.5 Å². The van der Waals surface area contributed by atoms with Gasteiger partial charge in [0.1, 0.15) is 0 Å². The van der Waals surface area contributed by atoms with Crippen LogP contribution in [0.15, 0.2) is 12.7 Å². The van der Waals surface area contributed by atoms with Crippen LogP contribution in [0.25, 0.3) is 0 Å². The minimum atomic E-state index is -0.850. The summed E-state index contributed by atoms with van der Waals surface area (Å²) >= 11 is 0. The molecule has 2 N–H and O–H groups in total. The quantitative estimate of drug-likeness (QED) is 0.593. The van der Waals surface area contributed by atoms with Crippen LogP contribution < -0.4 is 5.32 Å². The average molecular weight is 228 g/mol. The highest BCUT2D eigenvalue weighted by Crippen LogP contribution is 2.00. The molecule has 1 amide bonds. The van der Waals surface area contributed by atoms with Crippen LogP contribution in [0.4, 0.5) is 0 Å². The fraction of sp³-hybridized carbons (Fsp3) is 0.636. The van der Waals surface area contributed by atoms with Gasteiger partial charge in [-0.25, -0.2) is 0 Å². The largest absolute Gasteiger partial charge is 0.481 e. The van der Waals surface area contributed by atoms with Crippen molar-refractivity contribution < 1.29 is 14.7 Å². The van der Waals surface area contributed by atoms with Crippen molar-refractivity contribution in [1.29, 1.82) is 0 Å². The van der Waals surface area contributed by atoms with E-state index in [4.69, 9.17) is 5.11 Å². The number of aliphatic carboxylic acids is 1. The first-order valence-corrected chi connectivity index (χ1v) is 5.37. The lowest BCUT2D eigenvalue weighted by Gasteiger charge is -2.26. The first-order chi connectivity index (χ1) is 7.52. The minimum Gasteiger partial charge on any atom is -0.481 e. The van der Waals surface area contributed by atoms with Gasteiger partial charge >= 0.3 is 5.97 Å². The molecule has 0 spiro atoms. The summed E-state index contributed by atoms with van der Waals surface area (Å²) in [5.74, 6) is -0.954. The maximum Gasteiger partial charge on any atom is 0.304 e. The third-order valence-electron chi connectivity index (χ3n) is 2.37. The number of carbonyl (C=O) groups is 2. The van der Waals surface area contributed by atoms with Crippen molar-refractivity contribution in [3.8, 4) is 0 Å². The Kier molecular flexibility index (Phi) is 7.20. The van der Waals surface area contributed by atoms with Gasteiger partial charge in [-0.1, -0.05) is 13.0 Å². The molecule has 92 valence electrons. The number of likely N-dealkylation sites (N-methyl/N-ethyl adjacent to an activating group) is 1. The molecule has 0 aliphatic carbocycles. The third kappa shape index (κ3) is 5.50. The zero-order chi connectivity index (χ0) is 12.6. The van der Waals surface area contributed by atoms with Gasteiger partial charge in [-0.2, -0.15) is 0 Å². The smallest absolute Gasteiger partial charge is 0.304 e. The molecule has 1 atom stereocenters. The normalized spacial score (nSPS) is 12.2. The van der Waals surface area contributed by atoms with Crippen LogP contribution in [0.5, 0.6) is 0 Å². The van der Waals surface area contributed by atoms with Crippen molar-refractivity contribution in [2.24, 2.45) is 0 Å². The molecule has 1 unspecified atom stereocenters. The van der Waals surface area contributed by atoms with E-state index in [2.05, 4.69) is 11.9 Å². The zero-order valence-corrected chi connectivity index (χ0v) is 9.90. The van der Waals surface area contributed by atoms with E-state index >= 15 is 0 Å². The number of carboxylic acid groups (broad SMARTS) is 1. The highest BCUT2D eigenvalue weighted by Gasteiger charge is 2.19. The summed E-state index contributed by atoms with van der Waals surface area (Å²) in [7, 11) is 0. The Bertz CT molecular complexity index is 254. The van der Waals surface area contributed by atoms with Gasteiger partial charge in [0.15, 0.2) is 0 Å². The molecule has 0 rings (SSSR count). The molecule has 0 aliphatic heterocycles. The number of nitrogens with one attached hydrogen (secondary N) is 1. The molecule has 0 radical (unpaired) electrons. The Balaban J connectivity index is 4.17. The Labute approximate surface area is 96.1 Å². The number of hydrogen-bond donors (Lipinski definition) is 2. The second kappa shape index (κ2) is 7.87. The predicted octanol–water partition coefficient (Wildman–Crippen LogP) is 0.474. The zero-order valence-electron chi connectivity index (χ0n) is 9.90. The Morgan fingerprint density at radius 2 is 2.19 bits per heavy atom. The molecule has 5 nitrogen and oxygen atoms in total. The molecule has 0 aromatic rings. The summed E-state index contributed by atoms with van der Waals surface area (Å²) in [6.07, 6.45) is 1.66. The summed E-state index contributed by atoms with van der Waals surface area (Å²) in [4.78, 5) is 23.9. The molecule has 0 aromatic carbocycles. The molecule has 0 aromatic heterocycles. The summed E-state index contributed by atoms with van der Waals surface area (Å²) in [6, 6.07) is -0.315. The van der Waals surface area contributed by atoms with E-state index in [0.717, 1.165) is 0 Å². The van der Waals surface area contributed by atoms with Crippen LogP contribution >= 0.6 is 0 Å². The van der Waals surface area contributed by atoms with Crippen molar-refractivity contribution >= 4 is 11.9 Å². The maximum absolute atomic E-state index is 11.6. The standard InChI is InChI=1S/C11H20N2O3/c1-4-7-12-11(16)9(3)13(5-2)8-6-10(14)15/h4,9H,1,5-8H2,2-3H3,(H,12,16)(H,14,15). The van der Waals surface area contributed by atoms with Gasteiger partial charge in [0.2, 0.25) is 5.91 Å². The van der Waals surface area contributed by atoms with Gasteiger partial charge < -0.3 is 10.4 Å². The van der Waals surface area contributed by atoms with E-state index < -0.39 is 5.97 Å². The van der Waals surface area contributed by atoms with Crippen LogP contribution in [0.3, 0.4) is 0 Å². The Morgan fingerprint density at radius 3 is 2.62 bits per heavy atom. The lowest BCUT2D eigenvalue weighted by atomic mass is 10.2. The van der Waals surface area contributed by atoms with Crippen LogP contribution in [-0.2, 0) is 9.59 Å². The highest BCUT2D eigenvalue weighted by atomic mass is 16.4. The highest BCUT2D eigenvalue weighted by molar-refractivity contribution is 5.81. The van der Waals surface area contributed by atoms with Gasteiger partial charge in [-0.05, 0) is 13.5 Å². The van der Waals surface area contributed by atoms with Crippen LogP contribution in [0.1, 0.15) is 20.3 Å². The molecule has 0 bridgehead atoms. The summed E-state index contributed by atoms with van der Waals surface area (Å²) in [5, 5.41) is 11.3. The van der Waals surface area contributed by atoms with Crippen molar-refractivity contribution in [3.63, 3.8) is 0 Å². The molecular weight excluding hydrogens is 208 g/mol.